The second-order valence-electron chi connectivity index (χ2n) is 4.02. The van der Waals surface area contributed by atoms with Crippen LogP contribution in [0.1, 0.15) is 19.3 Å². The van der Waals surface area contributed by atoms with Crippen molar-refractivity contribution in [1.29, 1.82) is 0 Å². The minimum Gasteiger partial charge on any atom is -0.356 e. The zero-order valence-corrected chi connectivity index (χ0v) is 9.43. The molecular weight excluding hydrogens is 222 g/mol. The number of nitro groups is 1. The van der Waals surface area contributed by atoms with Crippen molar-refractivity contribution in [3.63, 3.8) is 0 Å². The van der Waals surface area contributed by atoms with Crippen LogP contribution in [-0.2, 0) is 0 Å². The number of anilines is 2. The van der Waals surface area contributed by atoms with E-state index in [2.05, 4.69) is 15.3 Å². The van der Waals surface area contributed by atoms with Crippen molar-refractivity contribution in [3.05, 3.63) is 22.2 Å². The number of hydrogen-bond donors (Lipinski definition) is 2. The topological polar surface area (TPSA) is 97.3 Å². The molecule has 2 heterocycles. The van der Waals surface area contributed by atoms with Gasteiger partial charge in [-0.05, 0) is 19.3 Å². The highest BCUT2D eigenvalue weighted by Gasteiger charge is 2.17. The van der Waals surface area contributed by atoms with Crippen molar-refractivity contribution in [3.8, 4) is 0 Å². The lowest BCUT2D eigenvalue weighted by atomic mass is 10.1. The lowest BCUT2D eigenvalue weighted by molar-refractivity contribution is -0.384. The Kier molecular flexibility index (Phi) is 3.38. The summed E-state index contributed by atoms with van der Waals surface area (Å²) in [5, 5.41) is 10.8. The second kappa shape index (κ2) is 4.96. The van der Waals surface area contributed by atoms with Gasteiger partial charge in [-0.25, -0.2) is 10.8 Å². The number of nitrogens with zero attached hydrogens (tertiary/aromatic N) is 3. The van der Waals surface area contributed by atoms with E-state index >= 15 is 0 Å². The number of aromatic nitrogens is 1. The Bertz CT molecular complexity index is 417. The highest BCUT2D eigenvalue weighted by molar-refractivity contribution is 5.55. The van der Waals surface area contributed by atoms with Gasteiger partial charge in [-0.1, -0.05) is 0 Å². The molecule has 1 saturated heterocycles. The minimum absolute atomic E-state index is 0.00789. The highest BCUT2D eigenvalue weighted by atomic mass is 16.6. The monoisotopic (exact) mass is 237 g/mol. The molecule has 7 nitrogen and oxygen atoms in total. The lowest BCUT2D eigenvalue weighted by Crippen LogP contribution is -2.30. The Morgan fingerprint density at radius 3 is 2.65 bits per heavy atom. The third-order valence-corrected chi connectivity index (χ3v) is 2.84. The summed E-state index contributed by atoms with van der Waals surface area (Å²) in [5.74, 6) is 6.20. The van der Waals surface area contributed by atoms with E-state index in [9.17, 15) is 10.1 Å². The highest BCUT2D eigenvalue weighted by Crippen LogP contribution is 2.25. The Morgan fingerprint density at radius 1 is 1.35 bits per heavy atom. The van der Waals surface area contributed by atoms with Gasteiger partial charge in [0.05, 0.1) is 17.1 Å². The van der Waals surface area contributed by atoms with Gasteiger partial charge in [-0.15, -0.1) is 0 Å². The molecule has 1 aliphatic rings. The second-order valence-corrected chi connectivity index (χ2v) is 4.02. The maximum Gasteiger partial charge on any atom is 0.276 e. The summed E-state index contributed by atoms with van der Waals surface area (Å²) in [4.78, 5) is 16.7. The van der Waals surface area contributed by atoms with Gasteiger partial charge in [-0.3, -0.25) is 10.1 Å². The third-order valence-electron chi connectivity index (χ3n) is 2.84. The van der Waals surface area contributed by atoms with Crippen molar-refractivity contribution in [2.75, 3.05) is 23.4 Å². The predicted octanol–water partition coefficient (Wildman–Crippen LogP) is 1.27. The first-order valence-electron chi connectivity index (χ1n) is 5.59. The van der Waals surface area contributed by atoms with E-state index in [1.54, 1.807) is 0 Å². The van der Waals surface area contributed by atoms with E-state index in [4.69, 9.17) is 5.84 Å². The average Bonchev–Trinajstić information content (AvgIpc) is 2.39. The lowest BCUT2D eigenvalue weighted by Gasteiger charge is -2.27. The summed E-state index contributed by atoms with van der Waals surface area (Å²) >= 11 is 0. The standard InChI is InChI=1S/C10H15N5O2/c11-13-9-6-8(15(16)17)7-10(12-9)14-4-2-1-3-5-14/h6-7H,1-5,11H2,(H,12,13). The fourth-order valence-electron chi connectivity index (χ4n) is 1.97. The van der Waals surface area contributed by atoms with Crippen LogP contribution in [0.15, 0.2) is 12.1 Å². The van der Waals surface area contributed by atoms with E-state index in [-0.39, 0.29) is 5.69 Å². The van der Waals surface area contributed by atoms with Crippen molar-refractivity contribution >= 4 is 17.3 Å². The van der Waals surface area contributed by atoms with Crippen molar-refractivity contribution < 1.29 is 4.92 Å². The summed E-state index contributed by atoms with van der Waals surface area (Å²) < 4.78 is 0. The molecule has 1 fully saturated rings. The molecular formula is C10H15N5O2. The Morgan fingerprint density at radius 2 is 2.06 bits per heavy atom. The fourth-order valence-corrected chi connectivity index (χ4v) is 1.97. The number of nitrogen functional groups attached to an aromatic ring is 1. The molecule has 0 bridgehead atoms. The van der Waals surface area contributed by atoms with Crippen LogP contribution >= 0.6 is 0 Å². The van der Waals surface area contributed by atoms with Gasteiger partial charge in [0.1, 0.15) is 11.6 Å². The molecule has 0 radical (unpaired) electrons. The maximum atomic E-state index is 10.8. The van der Waals surface area contributed by atoms with Crippen LogP contribution in [0.4, 0.5) is 17.3 Å². The SMILES string of the molecule is NNc1cc([N+](=O)[O-])cc(N2CCCCC2)n1. The van der Waals surface area contributed by atoms with Crippen LogP contribution in [-0.4, -0.2) is 23.0 Å². The number of nitrogens with one attached hydrogen (secondary N) is 1. The van der Waals surface area contributed by atoms with Crippen LogP contribution < -0.4 is 16.2 Å². The molecule has 0 unspecified atom stereocenters. The van der Waals surface area contributed by atoms with Crippen molar-refractivity contribution in [1.82, 2.24) is 4.98 Å². The van der Waals surface area contributed by atoms with Gasteiger partial charge in [0.2, 0.25) is 0 Å². The molecule has 0 aliphatic carbocycles. The molecule has 1 aromatic rings. The number of hydrazine groups is 1. The normalized spacial score (nSPS) is 15.7. The van der Waals surface area contributed by atoms with Gasteiger partial charge in [0, 0.05) is 13.1 Å². The van der Waals surface area contributed by atoms with Crippen LogP contribution in [0.3, 0.4) is 0 Å². The number of piperidine rings is 1. The molecule has 0 saturated carbocycles. The summed E-state index contributed by atoms with van der Waals surface area (Å²) in [7, 11) is 0. The molecule has 17 heavy (non-hydrogen) atoms. The average molecular weight is 237 g/mol. The molecule has 0 amide bonds. The zero-order chi connectivity index (χ0) is 12.3. The van der Waals surface area contributed by atoms with E-state index in [1.807, 2.05) is 0 Å². The summed E-state index contributed by atoms with van der Waals surface area (Å²) in [6, 6.07) is 2.82. The molecule has 1 aromatic heterocycles. The van der Waals surface area contributed by atoms with Gasteiger partial charge in [-0.2, -0.15) is 0 Å². The molecule has 2 rings (SSSR count). The quantitative estimate of drug-likeness (QED) is 0.466. The Hall–Kier alpha value is -1.89. The van der Waals surface area contributed by atoms with E-state index in [0.29, 0.717) is 11.6 Å². The van der Waals surface area contributed by atoms with Crippen LogP contribution in [0.25, 0.3) is 0 Å². The number of nitrogens with two attached hydrogens (primary N) is 1. The van der Waals surface area contributed by atoms with Crippen LogP contribution in [0.2, 0.25) is 0 Å². The summed E-state index contributed by atoms with van der Waals surface area (Å²) in [6.07, 6.45) is 3.39. The Labute approximate surface area is 98.7 Å². The molecule has 3 N–H and O–H groups in total. The van der Waals surface area contributed by atoms with Gasteiger partial charge < -0.3 is 10.3 Å². The van der Waals surface area contributed by atoms with Gasteiger partial charge in [0.15, 0.2) is 0 Å². The molecule has 1 aliphatic heterocycles. The third kappa shape index (κ3) is 2.62. The minimum atomic E-state index is -0.435. The molecule has 0 aromatic carbocycles. The van der Waals surface area contributed by atoms with Crippen molar-refractivity contribution in [2.45, 2.75) is 19.3 Å². The van der Waals surface area contributed by atoms with Gasteiger partial charge in [0.25, 0.3) is 5.69 Å². The number of pyridine rings is 1. The first-order chi connectivity index (χ1) is 8.20. The molecule has 0 atom stereocenters. The van der Waals surface area contributed by atoms with Crippen LogP contribution in [0.5, 0.6) is 0 Å². The number of rotatable bonds is 3. The smallest absolute Gasteiger partial charge is 0.276 e. The van der Waals surface area contributed by atoms with Gasteiger partial charge >= 0.3 is 0 Å². The van der Waals surface area contributed by atoms with E-state index in [1.165, 1.54) is 18.6 Å². The van der Waals surface area contributed by atoms with Crippen LogP contribution in [0, 0.1) is 10.1 Å². The zero-order valence-electron chi connectivity index (χ0n) is 9.43. The molecule has 7 heteroatoms. The first-order valence-corrected chi connectivity index (χ1v) is 5.59. The van der Waals surface area contributed by atoms with E-state index in [0.717, 1.165) is 25.9 Å². The summed E-state index contributed by atoms with van der Waals surface area (Å²) in [5.41, 5.74) is 2.37. The Balaban J connectivity index is 2.31. The van der Waals surface area contributed by atoms with Crippen molar-refractivity contribution in [2.24, 2.45) is 5.84 Å². The number of hydrogen-bond acceptors (Lipinski definition) is 6. The van der Waals surface area contributed by atoms with E-state index < -0.39 is 4.92 Å². The summed E-state index contributed by atoms with van der Waals surface area (Å²) in [6.45, 7) is 1.77. The predicted molar refractivity (Wildman–Crippen MR) is 64.8 cm³/mol. The molecule has 0 spiro atoms. The largest absolute Gasteiger partial charge is 0.356 e. The first kappa shape index (κ1) is 11.6. The fraction of sp³-hybridized carbons (Fsp3) is 0.500. The maximum absolute atomic E-state index is 10.8. The molecule has 92 valence electrons.